The smallest absolute Gasteiger partial charge is 0.198 e. The van der Waals surface area contributed by atoms with Crippen molar-refractivity contribution in [1.82, 2.24) is 24.1 Å². The Morgan fingerprint density at radius 1 is 0.524 bits per heavy atom. The average Bonchev–Trinajstić information content (AvgIpc) is 3.53. The summed E-state index contributed by atoms with van der Waals surface area (Å²) in [5.41, 5.74) is 7.76. The maximum absolute atomic E-state index is 7.83. The molecule has 0 atom stereocenters. The predicted octanol–water partition coefficient (Wildman–Crippen LogP) is 8.90. The zero-order valence-corrected chi connectivity index (χ0v) is 23.1. The Bertz CT molecular complexity index is 2330. The zero-order chi connectivity index (χ0) is 28.4. The summed E-state index contributed by atoms with van der Waals surface area (Å²) in [6, 6.07) is 38.2. The molecule has 0 N–H and O–H groups in total. The maximum atomic E-state index is 7.83. The number of hydrogen-bond acceptors (Lipinski definition) is 3. The van der Waals surface area contributed by atoms with E-state index in [2.05, 4.69) is 120 Å². The lowest BCUT2D eigenvalue weighted by molar-refractivity contribution is 0.929. The molecule has 0 saturated heterocycles. The highest BCUT2D eigenvalue weighted by atomic mass is 15.0. The van der Waals surface area contributed by atoms with E-state index in [0.29, 0.717) is 28.7 Å². The first-order valence-corrected chi connectivity index (χ1v) is 13.8. The van der Waals surface area contributed by atoms with Crippen molar-refractivity contribution in [2.24, 2.45) is 0 Å². The van der Waals surface area contributed by atoms with E-state index >= 15 is 0 Å². The van der Waals surface area contributed by atoms with Gasteiger partial charge in [-0.1, -0.05) is 66.7 Å². The summed E-state index contributed by atoms with van der Waals surface area (Å²) in [6.07, 6.45) is 0. The van der Waals surface area contributed by atoms with Crippen LogP contribution in [0.1, 0.15) is 11.6 Å². The first kappa shape index (κ1) is 24.0. The molecule has 0 spiro atoms. The van der Waals surface area contributed by atoms with Crippen molar-refractivity contribution in [3.05, 3.63) is 132 Å². The third kappa shape index (κ3) is 3.54. The van der Waals surface area contributed by atoms with Gasteiger partial charge >= 0.3 is 0 Å². The van der Waals surface area contributed by atoms with Gasteiger partial charge in [0, 0.05) is 38.5 Å². The Labute approximate surface area is 242 Å². The van der Waals surface area contributed by atoms with E-state index in [0.717, 1.165) is 27.8 Å². The molecule has 0 aliphatic carbocycles. The Morgan fingerprint density at radius 2 is 1.00 bits per heavy atom. The molecule has 0 amide bonds. The van der Waals surface area contributed by atoms with Crippen molar-refractivity contribution < 1.29 is 0 Å². The van der Waals surface area contributed by atoms with E-state index in [1.807, 2.05) is 32.0 Å². The van der Waals surface area contributed by atoms with Crippen molar-refractivity contribution in [2.75, 3.05) is 0 Å². The normalized spacial score (nSPS) is 11.5. The Morgan fingerprint density at radius 3 is 1.57 bits per heavy atom. The van der Waals surface area contributed by atoms with Crippen molar-refractivity contribution in [3.8, 4) is 22.8 Å². The van der Waals surface area contributed by atoms with Crippen molar-refractivity contribution >= 4 is 49.3 Å². The fourth-order valence-electron chi connectivity index (χ4n) is 6.25. The van der Waals surface area contributed by atoms with E-state index in [-0.39, 0.29) is 0 Å². The summed E-state index contributed by atoms with van der Waals surface area (Å²) >= 11 is 0. The molecule has 6 nitrogen and oxygen atoms in total. The highest BCUT2D eigenvalue weighted by molar-refractivity contribution is 6.12. The van der Waals surface area contributed by atoms with Crippen LogP contribution in [0, 0.1) is 20.4 Å². The molecule has 0 unspecified atom stereocenters. The Balaban J connectivity index is 1.43. The molecule has 5 aromatic carbocycles. The zero-order valence-electron chi connectivity index (χ0n) is 23.1. The van der Waals surface area contributed by atoms with Crippen LogP contribution in [-0.4, -0.2) is 24.1 Å². The molecule has 0 aliphatic heterocycles. The second-order valence-electron chi connectivity index (χ2n) is 10.5. The summed E-state index contributed by atoms with van der Waals surface area (Å²) in [5.74, 6) is 1.78. The number of fused-ring (bicyclic) bond motifs is 6. The molecule has 8 rings (SSSR count). The molecule has 6 heteroatoms. The van der Waals surface area contributed by atoms with Gasteiger partial charge in [-0.3, -0.25) is 0 Å². The molecule has 8 aromatic rings. The number of para-hydroxylation sites is 3. The second kappa shape index (κ2) is 9.12. The first-order chi connectivity index (χ1) is 20.6. The van der Waals surface area contributed by atoms with Crippen molar-refractivity contribution in [2.45, 2.75) is 13.8 Å². The molecule has 0 fully saturated rings. The van der Waals surface area contributed by atoms with Gasteiger partial charge in [0.15, 0.2) is 11.5 Å². The van der Waals surface area contributed by atoms with E-state index in [9.17, 15) is 0 Å². The molecule has 42 heavy (non-hydrogen) atoms. The van der Waals surface area contributed by atoms with Crippen LogP contribution in [-0.2, 0) is 0 Å². The molecular formula is C36H24N6. The van der Waals surface area contributed by atoms with Gasteiger partial charge in [0.05, 0.1) is 28.6 Å². The number of aryl methyl sites for hydroxylation is 2. The summed E-state index contributed by atoms with van der Waals surface area (Å²) in [4.78, 5) is 17.3. The molecule has 0 aliphatic rings. The number of hydrogen-bond donors (Lipinski definition) is 0. The van der Waals surface area contributed by atoms with E-state index in [1.54, 1.807) is 0 Å². The number of nitrogens with zero attached hydrogens (tertiary/aromatic N) is 6. The number of benzene rings is 5. The minimum absolute atomic E-state index is 0.510. The molecule has 3 aromatic heterocycles. The summed E-state index contributed by atoms with van der Waals surface area (Å²) < 4.78 is 4.62. The van der Waals surface area contributed by atoms with Crippen LogP contribution >= 0.6 is 0 Å². The summed E-state index contributed by atoms with van der Waals surface area (Å²) in [6.45, 7) is 11.5. The number of aromatic nitrogens is 5. The van der Waals surface area contributed by atoms with Crippen LogP contribution in [0.25, 0.3) is 71.2 Å². The highest BCUT2D eigenvalue weighted by Crippen LogP contribution is 2.38. The third-order valence-corrected chi connectivity index (χ3v) is 7.95. The van der Waals surface area contributed by atoms with Crippen molar-refractivity contribution in [1.29, 1.82) is 0 Å². The second-order valence-corrected chi connectivity index (χ2v) is 10.5. The standard InChI is InChI=1S/C36H24N6/c1-22-38-23(2)40-36(39-22)30-20-24(17-19-31(30)37-3)42-34-15-9-6-12-28(34)29-18-16-25(21-35(29)42)41-32-13-7-4-10-26(32)27-11-5-8-14-33(27)41/h4-21H,1-2H3. The van der Waals surface area contributed by atoms with Gasteiger partial charge < -0.3 is 9.13 Å². The van der Waals surface area contributed by atoms with Crippen LogP contribution in [0.15, 0.2) is 109 Å². The van der Waals surface area contributed by atoms with Gasteiger partial charge in [-0.2, -0.15) is 0 Å². The van der Waals surface area contributed by atoms with Gasteiger partial charge in [-0.05, 0) is 56.3 Å². The third-order valence-electron chi connectivity index (χ3n) is 7.95. The lowest BCUT2D eigenvalue weighted by Crippen LogP contribution is -2.00. The van der Waals surface area contributed by atoms with Crippen LogP contribution in [0.5, 0.6) is 0 Å². The molecule has 0 saturated carbocycles. The fraction of sp³-hybridized carbons (Fsp3) is 0.0556. The molecule has 0 bridgehead atoms. The summed E-state index contributed by atoms with van der Waals surface area (Å²) in [5, 5.41) is 4.80. The van der Waals surface area contributed by atoms with E-state index in [1.165, 1.54) is 27.2 Å². The largest absolute Gasteiger partial charge is 0.309 e. The van der Waals surface area contributed by atoms with E-state index in [4.69, 9.17) is 6.57 Å². The van der Waals surface area contributed by atoms with Gasteiger partial charge in [0.1, 0.15) is 11.6 Å². The van der Waals surface area contributed by atoms with Gasteiger partial charge in [0.25, 0.3) is 0 Å². The predicted molar refractivity (Wildman–Crippen MR) is 170 cm³/mol. The lowest BCUT2D eigenvalue weighted by Gasteiger charge is -2.13. The topological polar surface area (TPSA) is 52.9 Å². The molecular weight excluding hydrogens is 516 g/mol. The maximum Gasteiger partial charge on any atom is 0.198 e. The van der Waals surface area contributed by atoms with E-state index < -0.39 is 0 Å². The Hall–Kier alpha value is -5.80. The lowest BCUT2D eigenvalue weighted by atomic mass is 10.1. The minimum Gasteiger partial charge on any atom is -0.309 e. The van der Waals surface area contributed by atoms with Gasteiger partial charge in [-0.15, -0.1) is 0 Å². The van der Waals surface area contributed by atoms with Crippen molar-refractivity contribution in [3.63, 3.8) is 0 Å². The average molecular weight is 541 g/mol. The molecule has 0 radical (unpaired) electrons. The minimum atomic E-state index is 0.510. The highest BCUT2D eigenvalue weighted by Gasteiger charge is 2.18. The van der Waals surface area contributed by atoms with Crippen LogP contribution in [0.3, 0.4) is 0 Å². The number of rotatable bonds is 3. The molecule has 3 heterocycles. The Kier molecular flexibility index (Phi) is 5.22. The first-order valence-electron chi connectivity index (χ1n) is 13.8. The fourth-order valence-corrected chi connectivity index (χ4v) is 6.25. The van der Waals surface area contributed by atoms with Crippen LogP contribution in [0.4, 0.5) is 5.69 Å². The monoisotopic (exact) mass is 540 g/mol. The van der Waals surface area contributed by atoms with Crippen LogP contribution in [0.2, 0.25) is 0 Å². The van der Waals surface area contributed by atoms with Crippen LogP contribution < -0.4 is 0 Å². The quantitative estimate of drug-likeness (QED) is 0.210. The van der Waals surface area contributed by atoms with Gasteiger partial charge in [0.2, 0.25) is 0 Å². The molecule has 198 valence electrons. The summed E-state index contributed by atoms with van der Waals surface area (Å²) in [7, 11) is 0. The SMILES string of the molecule is [C-]#[N+]c1ccc(-n2c3ccccc3c3ccc(-n4c5ccccc5c5ccccc54)cc32)cc1-c1nc(C)nc(C)n1. The van der Waals surface area contributed by atoms with Gasteiger partial charge in [-0.25, -0.2) is 19.8 Å².